The predicted molar refractivity (Wildman–Crippen MR) is 121 cm³/mol. The summed E-state index contributed by atoms with van der Waals surface area (Å²) in [6, 6.07) is 0. The fraction of sp³-hybridized carbons (Fsp3) is 0.900. The van der Waals surface area contributed by atoms with Gasteiger partial charge in [-0.3, -0.25) is 0 Å². The maximum Gasteiger partial charge on any atom is 1.00 e. The summed E-state index contributed by atoms with van der Waals surface area (Å²) in [4.78, 5) is 5.56. The fourth-order valence-corrected chi connectivity index (χ4v) is 14.2. The van der Waals surface area contributed by atoms with Gasteiger partial charge in [-0.25, -0.2) is 4.99 Å². The molecule has 0 amide bonds. The van der Waals surface area contributed by atoms with Crippen LogP contribution in [0, 0.1) is 0 Å². The molecule has 0 spiro atoms. The quantitative estimate of drug-likeness (QED) is 0.400. The first-order valence-electron chi connectivity index (χ1n) is 10.5. The Morgan fingerprint density at radius 1 is 1.04 bits per heavy atom. The van der Waals surface area contributed by atoms with Crippen LogP contribution in [0.25, 0.3) is 4.75 Å². The minimum atomic E-state index is -1.47. The van der Waals surface area contributed by atoms with Crippen LogP contribution in [0.3, 0.4) is 0 Å². The first-order chi connectivity index (χ1) is 11.6. The number of hydrogen-bond donors (Lipinski definition) is 2. The largest absolute Gasteiger partial charge is 1.00 e. The van der Waals surface area contributed by atoms with Crippen LogP contribution >= 0.6 is 7.04 Å². The van der Waals surface area contributed by atoms with Crippen LogP contribution in [0.15, 0.2) is 0 Å². The molecule has 1 rings (SSSR count). The van der Waals surface area contributed by atoms with Crippen LogP contribution in [-0.2, 0) is 0 Å². The van der Waals surface area contributed by atoms with Crippen LogP contribution in [0.1, 0.15) is 60.8 Å². The Hall–Kier alpha value is 0.704. The summed E-state index contributed by atoms with van der Waals surface area (Å²) < 4.78 is 5.69. The molecular weight excluding hydrogens is 348 g/mol. The van der Waals surface area contributed by atoms with E-state index in [0.29, 0.717) is 11.3 Å². The van der Waals surface area contributed by atoms with Crippen LogP contribution in [0.5, 0.6) is 0 Å². The molecule has 0 unspecified atom stereocenters. The van der Waals surface area contributed by atoms with Gasteiger partial charge in [0, 0.05) is 6.42 Å². The zero-order chi connectivity index (χ0) is 19.3. The van der Waals surface area contributed by atoms with E-state index in [1.54, 1.807) is 15.9 Å². The molecule has 0 heterocycles. The molecule has 0 bridgehead atoms. The normalized spacial score (nSPS) is 17.7. The Kier molecular flexibility index (Phi) is 12.0. The molecule has 148 valence electrons. The molecule has 0 aliphatic heterocycles. The molecule has 1 aliphatic rings. The summed E-state index contributed by atoms with van der Waals surface area (Å²) in [7, 11) is -2.91. The molecule has 0 saturated heterocycles. The molecule has 0 radical (unpaired) electrons. The third-order valence-electron chi connectivity index (χ3n) is 5.48. The van der Waals surface area contributed by atoms with E-state index in [1.807, 2.05) is 0 Å². The summed E-state index contributed by atoms with van der Waals surface area (Å²) in [6.07, 6.45) is 3.84. The molecule has 0 aromatic heterocycles. The van der Waals surface area contributed by atoms with E-state index < -0.39 is 15.3 Å². The molecular formula is C20H45LiN3PSi+2. The molecule has 26 heavy (non-hydrogen) atoms. The first kappa shape index (κ1) is 26.7. The summed E-state index contributed by atoms with van der Waals surface area (Å²) >= 11 is 0. The third kappa shape index (κ3) is 6.95. The Balaban J connectivity index is 0.00000625. The van der Waals surface area contributed by atoms with Crippen molar-refractivity contribution in [2.75, 3.05) is 26.2 Å². The Morgan fingerprint density at radius 3 is 2.00 bits per heavy atom. The van der Waals surface area contributed by atoms with Crippen molar-refractivity contribution in [2.45, 2.75) is 91.8 Å². The van der Waals surface area contributed by atoms with Crippen molar-refractivity contribution >= 4 is 26.3 Å². The van der Waals surface area contributed by atoms with Crippen LogP contribution < -0.4 is 28.8 Å². The molecule has 3 nitrogen and oxygen atoms in total. The minimum Gasteiger partial charge on any atom is -0.637 e. The van der Waals surface area contributed by atoms with Gasteiger partial charge in [-0.05, 0) is 43.3 Å². The van der Waals surface area contributed by atoms with Crippen molar-refractivity contribution in [3.8, 4) is 0 Å². The smallest absolute Gasteiger partial charge is 0.637 e. The summed E-state index contributed by atoms with van der Waals surface area (Å²) in [5.74, 6) is 0. The molecule has 6 heteroatoms. The first-order valence-corrected chi connectivity index (χ1v) is 15.8. The van der Waals surface area contributed by atoms with E-state index in [2.05, 4.69) is 66.2 Å². The van der Waals surface area contributed by atoms with Gasteiger partial charge >= 0.3 is 18.9 Å². The number of rotatable bonds is 9. The van der Waals surface area contributed by atoms with Gasteiger partial charge in [0.25, 0.3) is 0 Å². The minimum absolute atomic E-state index is 0. The SMILES string of the molecule is CC[NH+](CC)CC[NH+]=C1CCCC1=P([N-][Si](C)(C)C)(C(C)C)C(C)C.[Li+]. The molecule has 0 aromatic rings. The maximum atomic E-state index is 5.69. The Morgan fingerprint density at radius 2 is 1.58 bits per heavy atom. The van der Waals surface area contributed by atoms with E-state index in [9.17, 15) is 0 Å². The van der Waals surface area contributed by atoms with Gasteiger partial charge in [-0.1, -0.05) is 55.6 Å². The number of hydrogen-bond acceptors (Lipinski definition) is 0. The fourth-order valence-electron chi connectivity index (χ4n) is 4.31. The predicted octanol–water partition coefficient (Wildman–Crippen LogP) is -0.249. The van der Waals surface area contributed by atoms with Crippen molar-refractivity contribution in [1.82, 2.24) is 0 Å². The van der Waals surface area contributed by atoms with Crippen molar-refractivity contribution < 1.29 is 28.8 Å². The Bertz CT molecular complexity index is 494. The van der Waals surface area contributed by atoms with E-state index in [-0.39, 0.29) is 18.9 Å². The van der Waals surface area contributed by atoms with Gasteiger partial charge in [0.2, 0.25) is 0 Å². The van der Waals surface area contributed by atoms with Crippen molar-refractivity contribution in [1.29, 1.82) is 0 Å². The third-order valence-corrected chi connectivity index (χ3v) is 13.7. The van der Waals surface area contributed by atoms with Crippen LogP contribution in [-0.4, -0.2) is 56.7 Å². The zero-order valence-electron chi connectivity index (χ0n) is 19.5. The molecule has 1 fully saturated rings. The summed E-state index contributed by atoms with van der Waals surface area (Å²) in [5, 5.41) is 1.74. The van der Waals surface area contributed by atoms with Gasteiger partial charge < -0.3 is 9.65 Å². The van der Waals surface area contributed by atoms with E-state index in [4.69, 9.17) is 4.75 Å². The van der Waals surface area contributed by atoms with Gasteiger partial charge in [-0.2, -0.15) is 7.04 Å². The van der Waals surface area contributed by atoms with Crippen molar-refractivity contribution in [3.05, 3.63) is 4.75 Å². The van der Waals surface area contributed by atoms with E-state index >= 15 is 0 Å². The second-order valence-electron chi connectivity index (χ2n) is 9.11. The number of nitrogens with one attached hydrogen (secondary N) is 2. The van der Waals surface area contributed by atoms with Crippen LogP contribution in [0.4, 0.5) is 0 Å². The summed E-state index contributed by atoms with van der Waals surface area (Å²) in [5.41, 5.74) is 2.90. The van der Waals surface area contributed by atoms with E-state index in [0.717, 1.165) is 6.54 Å². The van der Waals surface area contributed by atoms with Crippen LogP contribution in [0.2, 0.25) is 19.6 Å². The average molecular weight is 394 g/mol. The number of nitrogens with zero attached hydrogens (tertiary/aromatic N) is 1. The van der Waals surface area contributed by atoms with Gasteiger partial charge in [0.15, 0.2) is 12.3 Å². The molecule has 0 aromatic carbocycles. The van der Waals surface area contributed by atoms with Gasteiger partial charge in [-0.15, -0.1) is 0 Å². The number of likely N-dealkylation sites (N-methyl/N-ethyl adjacent to an activating group) is 1. The monoisotopic (exact) mass is 393 g/mol. The van der Waals surface area contributed by atoms with E-state index in [1.165, 1.54) is 38.9 Å². The standard InChI is InChI=1S/C20H43N3PSi.Li/c1-10-23(11-2)16-15-21-19-13-12-14-20(19)24(17(3)4,18(5)6)22-25(7,8)9;/h17-18H,10-16H2,1-9H3;/q-1;+1/p+2. The second kappa shape index (κ2) is 11.6. The van der Waals surface area contributed by atoms with Crippen molar-refractivity contribution in [2.24, 2.45) is 0 Å². The second-order valence-corrected chi connectivity index (χ2v) is 18.3. The van der Waals surface area contributed by atoms with Gasteiger partial charge in [0.05, 0.1) is 13.1 Å². The number of quaternary nitrogens is 1. The molecule has 0 atom stereocenters. The summed E-state index contributed by atoms with van der Waals surface area (Å²) in [6.45, 7) is 26.3. The molecule has 1 aliphatic carbocycles. The Labute approximate surface area is 177 Å². The maximum absolute atomic E-state index is 5.69. The average Bonchev–Trinajstić information content (AvgIpc) is 2.96. The molecule has 2 N–H and O–H groups in total. The molecule has 1 saturated carbocycles. The van der Waals surface area contributed by atoms with Gasteiger partial charge in [0.1, 0.15) is 6.54 Å². The van der Waals surface area contributed by atoms with Crippen molar-refractivity contribution in [3.63, 3.8) is 0 Å². The zero-order valence-corrected chi connectivity index (χ0v) is 21.4. The topological polar surface area (TPSA) is 32.5 Å².